The number of para-hydroxylation sites is 1. The molecule has 1 aromatic heterocycles. The van der Waals surface area contributed by atoms with Gasteiger partial charge in [0.15, 0.2) is 17.3 Å². The van der Waals surface area contributed by atoms with Crippen LogP contribution >= 0.6 is 0 Å². The summed E-state index contributed by atoms with van der Waals surface area (Å²) in [5.41, 5.74) is 7.68. The zero-order valence-electron chi connectivity index (χ0n) is 16.2. The van der Waals surface area contributed by atoms with E-state index in [2.05, 4.69) is 34.4 Å². The van der Waals surface area contributed by atoms with E-state index in [9.17, 15) is 4.79 Å². The van der Waals surface area contributed by atoms with Crippen LogP contribution in [-0.2, 0) is 0 Å². The fourth-order valence-electron chi connectivity index (χ4n) is 4.63. The van der Waals surface area contributed by atoms with Crippen molar-refractivity contribution in [2.45, 2.75) is 18.4 Å². The van der Waals surface area contributed by atoms with E-state index in [0.717, 1.165) is 33.7 Å². The van der Waals surface area contributed by atoms with Crippen LogP contribution < -0.4 is 14.9 Å². The van der Waals surface area contributed by atoms with Gasteiger partial charge in [0.1, 0.15) is 0 Å². The Morgan fingerprint density at radius 1 is 0.900 bits per heavy atom. The summed E-state index contributed by atoms with van der Waals surface area (Å²) in [5.74, 6) is 1.64. The molecular weight excluding hydrogens is 376 g/mol. The van der Waals surface area contributed by atoms with Crippen LogP contribution in [0, 0.1) is 0 Å². The number of carbonyl (C=O) groups is 1. The highest BCUT2D eigenvalue weighted by Crippen LogP contribution is 2.44. The highest BCUT2D eigenvalue weighted by Gasteiger charge is 2.36. The van der Waals surface area contributed by atoms with E-state index in [0.29, 0.717) is 6.42 Å². The van der Waals surface area contributed by atoms with Crippen LogP contribution in [-0.4, -0.2) is 17.3 Å². The number of hydrogen-bond donors (Lipinski definition) is 1. The van der Waals surface area contributed by atoms with Crippen LogP contribution in [0.4, 0.5) is 0 Å². The van der Waals surface area contributed by atoms with E-state index in [-0.39, 0.29) is 24.5 Å². The summed E-state index contributed by atoms with van der Waals surface area (Å²) in [7, 11) is 0. The molecule has 30 heavy (non-hydrogen) atoms. The SMILES string of the molecule is O=C1C[C@@H](c2ccc3c(c2)OCO3)[C@H](Nn2ccc3ccccc32)c2ccccc21. The van der Waals surface area contributed by atoms with E-state index >= 15 is 0 Å². The first kappa shape index (κ1) is 17.2. The van der Waals surface area contributed by atoms with Crippen LogP contribution in [0.15, 0.2) is 79.0 Å². The summed E-state index contributed by atoms with van der Waals surface area (Å²) in [6.45, 7) is 0.238. The number of ether oxygens (including phenoxy) is 2. The minimum absolute atomic E-state index is 0.0249. The normalized spacial score (nSPS) is 19.7. The molecule has 1 aliphatic carbocycles. The molecule has 0 spiro atoms. The topological polar surface area (TPSA) is 52.5 Å². The molecule has 0 radical (unpaired) electrons. The summed E-state index contributed by atoms with van der Waals surface area (Å²) < 4.78 is 13.1. The molecule has 148 valence electrons. The number of benzene rings is 3. The Labute approximate surface area is 173 Å². The largest absolute Gasteiger partial charge is 0.454 e. The Bertz CT molecular complexity index is 1280. The Hall–Kier alpha value is -3.73. The van der Waals surface area contributed by atoms with Gasteiger partial charge in [-0.05, 0) is 35.4 Å². The molecule has 3 aromatic carbocycles. The second-order valence-corrected chi connectivity index (χ2v) is 7.79. The maximum Gasteiger partial charge on any atom is 0.231 e. The number of aromatic nitrogens is 1. The smallest absolute Gasteiger partial charge is 0.231 e. The summed E-state index contributed by atoms with van der Waals surface area (Å²) in [6, 6.07) is 24.2. The van der Waals surface area contributed by atoms with Crippen molar-refractivity contribution in [2.24, 2.45) is 0 Å². The number of ketones is 1. The van der Waals surface area contributed by atoms with Gasteiger partial charge in [0.05, 0.1) is 11.6 Å². The molecule has 0 amide bonds. The van der Waals surface area contributed by atoms with Gasteiger partial charge in [0.2, 0.25) is 6.79 Å². The van der Waals surface area contributed by atoms with Gasteiger partial charge in [-0.25, -0.2) is 0 Å². The molecule has 0 saturated carbocycles. The standard InChI is InChI=1S/C25H20N2O3/c28-22-14-20(17-9-10-23-24(13-17)30-15-29-23)25(19-7-3-2-6-18(19)22)26-27-12-11-16-5-1-4-8-21(16)27/h1-13,20,25-26H,14-15H2/t20-,25+/m0/s1. The van der Waals surface area contributed by atoms with Crippen LogP contribution in [0.1, 0.15) is 39.9 Å². The zero-order chi connectivity index (χ0) is 20.1. The van der Waals surface area contributed by atoms with Gasteiger partial charge in [0, 0.05) is 29.5 Å². The molecule has 5 nitrogen and oxygen atoms in total. The van der Waals surface area contributed by atoms with Gasteiger partial charge in [-0.3, -0.25) is 9.47 Å². The average Bonchev–Trinajstić information content (AvgIpc) is 3.42. The van der Waals surface area contributed by atoms with Crippen molar-refractivity contribution in [1.82, 2.24) is 4.68 Å². The summed E-state index contributed by atoms with van der Waals surface area (Å²) in [6.07, 6.45) is 2.48. The van der Waals surface area contributed by atoms with E-state index in [1.54, 1.807) is 0 Å². The Kier molecular flexibility index (Phi) is 3.81. The lowest BCUT2D eigenvalue weighted by molar-refractivity contribution is 0.0957. The highest BCUT2D eigenvalue weighted by molar-refractivity contribution is 5.99. The third-order valence-electron chi connectivity index (χ3n) is 6.11. The summed E-state index contributed by atoms with van der Waals surface area (Å²) >= 11 is 0. The Balaban J connectivity index is 1.47. The second kappa shape index (κ2) is 6.66. The Morgan fingerprint density at radius 3 is 2.70 bits per heavy atom. The lowest BCUT2D eigenvalue weighted by Gasteiger charge is -2.35. The number of nitrogens with zero attached hydrogens (tertiary/aromatic N) is 1. The van der Waals surface area contributed by atoms with Crippen molar-refractivity contribution < 1.29 is 14.3 Å². The molecule has 4 aromatic rings. The third kappa shape index (κ3) is 2.66. The molecule has 2 heterocycles. The van der Waals surface area contributed by atoms with Crippen molar-refractivity contribution in [3.63, 3.8) is 0 Å². The van der Waals surface area contributed by atoms with Crippen molar-refractivity contribution in [3.8, 4) is 11.5 Å². The monoisotopic (exact) mass is 396 g/mol. The van der Waals surface area contributed by atoms with Crippen LogP contribution in [0.25, 0.3) is 10.9 Å². The first-order valence-corrected chi connectivity index (χ1v) is 10.1. The molecule has 0 saturated heterocycles. The van der Waals surface area contributed by atoms with Gasteiger partial charge < -0.3 is 14.9 Å². The number of fused-ring (bicyclic) bond motifs is 3. The van der Waals surface area contributed by atoms with E-state index in [1.165, 1.54) is 5.39 Å². The number of Topliss-reactive ketones (excluding diaryl/α,β-unsaturated/α-hetero) is 1. The zero-order valence-corrected chi connectivity index (χ0v) is 16.2. The average molecular weight is 396 g/mol. The molecule has 2 aliphatic rings. The van der Waals surface area contributed by atoms with Gasteiger partial charge in [-0.2, -0.15) is 0 Å². The van der Waals surface area contributed by atoms with E-state index < -0.39 is 0 Å². The van der Waals surface area contributed by atoms with Crippen molar-refractivity contribution in [3.05, 3.63) is 95.7 Å². The molecule has 6 rings (SSSR count). The molecule has 0 unspecified atom stereocenters. The third-order valence-corrected chi connectivity index (χ3v) is 6.11. The van der Waals surface area contributed by atoms with Crippen LogP contribution in [0.5, 0.6) is 11.5 Å². The van der Waals surface area contributed by atoms with Crippen LogP contribution in [0.3, 0.4) is 0 Å². The minimum Gasteiger partial charge on any atom is -0.454 e. The fourth-order valence-corrected chi connectivity index (χ4v) is 4.63. The number of rotatable bonds is 3. The van der Waals surface area contributed by atoms with Gasteiger partial charge in [-0.15, -0.1) is 0 Å². The van der Waals surface area contributed by atoms with Crippen molar-refractivity contribution in [2.75, 3.05) is 12.2 Å². The quantitative estimate of drug-likeness (QED) is 0.528. The van der Waals surface area contributed by atoms with Gasteiger partial charge >= 0.3 is 0 Å². The number of hydrogen-bond acceptors (Lipinski definition) is 4. The Morgan fingerprint density at radius 2 is 1.73 bits per heavy atom. The number of nitrogens with one attached hydrogen (secondary N) is 1. The molecule has 5 heteroatoms. The molecule has 0 bridgehead atoms. The predicted molar refractivity (Wildman–Crippen MR) is 115 cm³/mol. The first-order chi connectivity index (χ1) is 14.8. The summed E-state index contributed by atoms with van der Waals surface area (Å²) in [4.78, 5) is 13.0. The highest BCUT2D eigenvalue weighted by atomic mass is 16.7. The van der Waals surface area contributed by atoms with Crippen LogP contribution in [0.2, 0.25) is 0 Å². The number of carbonyl (C=O) groups excluding carboxylic acids is 1. The van der Waals surface area contributed by atoms with Gasteiger partial charge in [-0.1, -0.05) is 48.5 Å². The minimum atomic E-state index is -0.0601. The lowest BCUT2D eigenvalue weighted by atomic mass is 9.76. The summed E-state index contributed by atoms with van der Waals surface area (Å²) in [5, 5.41) is 1.17. The maximum atomic E-state index is 13.0. The second-order valence-electron chi connectivity index (χ2n) is 7.79. The van der Waals surface area contributed by atoms with Gasteiger partial charge in [0.25, 0.3) is 0 Å². The predicted octanol–water partition coefficient (Wildman–Crippen LogP) is 5.03. The molecule has 1 N–H and O–H groups in total. The van der Waals surface area contributed by atoms with Crippen molar-refractivity contribution in [1.29, 1.82) is 0 Å². The first-order valence-electron chi connectivity index (χ1n) is 10.1. The molecule has 0 fully saturated rings. The molecule has 1 aliphatic heterocycles. The lowest BCUT2D eigenvalue weighted by Crippen LogP contribution is -2.32. The van der Waals surface area contributed by atoms with Crippen molar-refractivity contribution >= 4 is 16.7 Å². The molecule has 2 atom stereocenters. The maximum absolute atomic E-state index is 13.0. The molecular formula is C25H20N2O3. The fraction of sp³-hybridized carbons (Fsp3) is 0.160. The van der Waals surface area contributed by atoms with E-state index in [1.807, 2.05) is 54.7 Å². The van der Waals surface area contributed by atoms with E-state index in [4.69, 9.17) is 9.47 Å².